The van der Waals surface area contributed by atoms with Crippen LogP contribution in [-0.4, -0.2) is 24.6 Å². The maximum absolute atomic E-state index is 10.9. The lowest BCUT2D eigenvalue weighted by Crippen LogP contribution is -2.04. The van der Waals surface area contributed by atoms with Crippen molar-refractivity contribution in [2.75, 3.05) is 0 Å². The molecule has 100 valence electrons. The number of non-ortho nitro benzene ring substituents is 1. The Morgan fingerprint density at radius 1 is 1.30 bits per heavy atom. The van der Waals surface area contributed by atoms with Crippen LogP contribution in [-0.2, 0) is 6.54 Å². The molecule has 0 N–H and O–H groups in total. The smallest absolute Gasteiger partial charge is 0.258 e. The molecule has 0 aliphatic rings. The van der Waals surface area contributed by atoms with Crippen molar-refractivity contribution in [1.82, 2.24) is 14.8 Å². The van der Waals surface area contributed by atoms with Gasteiger partial charge in [-0.1, -0.05) is 0 Å². The first-order valence-corrected chi connectivity index (χ1v) is 5.22. The average Bonchev–Trinajstić information content (AvgIpc) is 2.86. The van der Waals surface area contributed by atoms with Crippen LogP contribution in [0.3, 0.4) is 0 Å². The number of rotatable bonds is 4. The molecular formula is C10H6N6O4. The number of nitriles is 1. The lowest BCUT2D eigenvalue weighted by Gasteiger charge is -2.02. The van der Waals surface area contributed by atoms with E-state index < -0.39 is 9.85 Å². The average molecular weight is 274 g/mol. The Labute approximate surface area is 111 Å². The van der Waals surface area contributed by atoms with E-state index in [1.54, 1.807) is 6.07 Å². The molecule has 1 aromatic heterocycles. The molecule has 0 saturated carbocycles. The maximum Gasteiger partial charge on any atom is 0.281 e. The number of benzene rings is 1. The minimum atomic E-state index is -0.708. The van der Waals surface area contributed by atoms with Crippen LogP contribution >= 0.6 is 0 Å². The van der Waals surface area contributed by atoms with Gasteiger partial charge in [0.2, 0.25) is 0 Å². The molecule has 0 spiro atoms. The van der Waals surface area contributed by atoms with Gasteiger partial charge in [-0.05, 0) is 6.07 Å². The van der Waals surface area contributed by atoms with Gasteiger partial charge in [0.05, 0.1) is 28.0 Å². The molecule has 10 heteroatoms. The molecule has 0 radical (unpaired) electrons. The third-order valence-electron chi connectivity index (χ3n) is 2.45. The quantitative estimate of drug-likeness (QED) is 0.598. The predicted molar refractivity (Wildman–Crippen MR) is 63.6 cm³/mol. The van der Waals surface area contributed by atoms with E-state index in [1.165, 1.54) is 23.1 Å². The number of nitro groups is 2. The summed E-state index contributed by atoms with van der Waals surface area (Å²) in [6.07, 6.45) is 1.25. The number of nitro benzene ring substituents is 2. The number of hydrogen-bond acceptors (Lipinski definition) is 7. The van der Waals surface area contributed by atoms with E-state index in [4.69, 9.17) is 5.26 Å². The molecule has 0 fully saturated rings. The highest BCUT2D eigenvalue weighted by Gasteiger charge is 2.19. The molecule has 20 heavy (non-hydrogen) atoms. The second-order valence-electron chi connectivity index (χ2n) is 3.70. The summed E-state index contributed by atoms with van der Waals surface area (Å²) < 4.78 is 1.24. The fourth-order valence-corrected chi connectivity index (χ4v) is 1.57. The molecule has 0 aliphatic heterocycles. The van der Waals surface area contributed by atoms with Crippen molar-refractivity contribution in [2.24, 2.45) is 0 Å². The first-order chi connectivity index (χ1) is 9.51. The molecule has 1 heterocycles. The lowest BCUT2D eigenvalue weighted by molar-refractivity contribution is -0.394. The second-order valence-corrected chi connectivity index (χ2v) is 3.70. The monoisotopic (exact) mass is 274 g/mol. The Hall–Kier alpha value is -3.35. The van der Waals surface area contributed by atoms with Crippen LogP contribution in [0.2, 0.25) is 0 Å². The predicted octanol–water partition coefficient (Wildman–Crippen LogP) is 1.01. The summed E-state index contributed by atoms with van der Waals surface area (Å²) in [4.78, 5) is 23.8. The zero-order valence-corrected chi connectivity index (χ0v) is 9.83. The third kappa shape index (κ3) is 2.56. The minimum absolute atomic E-state index is 0.0109. The summed E-state index contributed by atoms with van der Waals surface area (Å²) >= 11 is 0. The van der Waals surface area contributed by atoms with E-state index in [1.807, 2.05) is 0 Å². The largest absolute Gasteiger partial charge is 0.281 e. The standard InChI is InChI=1S/C10H6N6O4/c11-4-10-12-6-14(13-10)5-7-1-2-8(15(17)18)3-9(7)16(19)20/h1-3,6H,5H2. The zero-order chi connectivity index (χ0) is 14.7. The minimum Gasteiger partial charge on any atom is -0.258 e. The van der Waals surface area contributed by atoms with Crippen molar-refractivity contribution in [1.29, 1.82) is 5.26 Å². The topological polar surface area (TPSA) is 141 Å². The molecule has 0 amide bonds. The zero-order valence-electron chi connectivity index (χ0n) is 9.83. The normalized spacial score (nSPS) is 9.95. The van der Waals surface area contributed by atoms with Crippen molar-refractivity contribution in [3.05, 3.63) is 56.1 Å². The summed E-state index contributed by atoms with van der Waals surface area (Å²) in [5.41, 5.74) is -0.514. The lowest BCUT2D eigenvalue weighted by atomic mass is 10.1. The summed E-state index contributed by atoms with van der Waals surface area (Å²) in [7, 11) is 0. The van der Waals surface area contributed by atoms with Crippen LogP contribution in [0.5, 0.6) is 0 Å². The molecule has 0 bridgehead atoms. The van der Waals surface area contributed by atoms with E-state index in [-0.39, 0.29) is 29.3 Å². The van der Waals surface area contributed by atoms with Crippen LogP contribution in [0.1, 0.15) is 11.4 Å². The van der Waals surface area contributed by atoms with Crippen molar-refractivity contribution in [3.63, 3.8) is 0 Å². The number of aromatic nitrogens is 3. The van der Waals surface area contributed by atoms with Gasteiger partial charge in [0.25, 0.3) is 17.2 Å². The summed E-state index contributed by atoms with van der Waals surface area (Å²) in [6.45, 7) is -0.0109. The highest BCUT2D eigenvalue weighted by molar-refractivity contribution is 5.49. The molecule has 10 nitrogen and oxygen atoms in total. The third-order valence-corrected chi connectivity index (χ3v) is 2.45. The van der Waals surface area contributed by atoms with Gasteiger partial charge in [-0.3, -0.25) is 20.2 Å². The Morgan fingerprint density at radius 2 is 2.05 bits per heavy atom. The van der Waals surface area contributed by atoms with Crippen molar-refractivity contribution in [3.8, 4) is 6.07 Å². The van der Waals surface area contributed by atoms with E-state index in [0.29, 0.717) is 0 Å². The van der Waals surface area contributed by atoms with Gasteiger partial charge in [-0.25, -0.2) is 9.67 Å². The van der Waals surface area contributed by atoms with Crippen LogP contribution in [0, 0.1) is 31.6 Å². The van der Waals surface area contributed by atoms with Crippen LogP contribution in [0.25, 0.3) is 0 Å². The van der Waals surface area contributed by atoms with Gasteiger partial charge in [0.15, 0.2) is 0 Å². The molecule has 2 aromatic rings. The Morgan fingerprint density at radius 3 is 2.60 bits per heavy atom. The summed E-state index contributed by atoms with van der Waals surface area (Å²) in [6, 6.07) is 5.07. The highest BCUT2D eigenvalue weighted by Crippen LogP contribution is 2.25. The Bertz CT molecular complexity index is 732. The van der Waals surface area contributed by atoms with Crippen molar-refractivity contribution >= 4 is 11.4 Å². The molecule has 2 rings (SSSR count). The summed E-state index contributed by atoms with van der Waals surface area (Å²) in [5.74, 6) is -0.0606. The molecule has 1 aromatic carbocycles. The first-order valence-electron chi connectivity index (χ1n) is 5.22. The van der Waals surface area contributed by atoms with Gasteiger partial charge < -0.3 is 0 Å². The molecule has 0 unspecified atom stereocenters. The number of nitrogens with zero attached hydrogens (tertiary/aromatic N) is 6. The van der Waals surface area contributed by atoms with Gasteiger partial charge in [-0.15, -0.1) is 5.10 Å². The van der Waals surface area contributed by atoms with Gasteiger partial charge in [-0.2, -0.15) is 5.26 Å². The second kappa shape index (κ2) is 5.11. The first kappa shape index (κ1) is 13.1. The Balaban J connectivity index is 2.38. The molecule has 0 aliphatic carbocycles. The van der Waals surface area contributed by atoms with Gasteiger partial charge in [0, 0.05) is 6.07 Å². The maximum atomic E-state index is 10.9. The van der Waals surface area contributed by atoms with Gasteiger partial charge >= 0.3 is 0 Å². The van der Waals surface area contributed by atoms with Crippen LogP contribution in [0.4, 0.5) is 11.4 Å². The van der Waals surface area contributed by atoms with E-state index in [2.05, 4.69) is 10.1 Å². The van der Waals surface area contributed by atoms with E-state index in [9.17, 15) is 20.2 Å². The molecule has 0 atom stereocenters. The fourth-order valence-electron chi connectivity index (χ4n) is 1.57. The SMILES string of the molecule is N#Cc1ncn(Cc2ccc([N+](=O)[O-])cc2[N+](=O)[O-])n1. The Kier molecular flexibility index (Phi) is 3.34. The van der Waals surface area contributed by atoms with Crippen molar-refractivity contribution in [2.45, 2.75) is 6.54 Å². The molecule has 0 saturated heterocycles. The fraction of sp³-hybridized carbons (Fsp3) is 0.100. The van der Waals surface area contributed by atoms with Gasteiger partial charge in [0.1, 0.15) is 12.4 Å². The highest BCUT2D eigenvalue weighted by atomic mass is 16.6. The summed E-state index contributed by atoms with van der Waals surface area (Å²) in [5, 5.41) is 33.9. The van der Waals surface area contributed by atoms with Crippen LogP contribution < -0.4 is 0 Å². The van der Waals surface area contributed by atoms with Crippen molar-refractivity contribution < 1.29 is 9.85 Å². The number of hydrogen-bond donors (Lipinski definition) is 0. The van der Waals surface area contributed by atoms with Crippen LogP contribution in [0.15, 0.2) is 24.5 Å². The van der Waals surface area contributed by atoms with E-state index >= 15 is 0 Å². The van der Waals surface area contributed by atoms with E-state index in [0.717, 1.165) is 6.07 Å². The molecular weight excluding hydrogens is 268 g/mol.